The Kier molecular flexibility index (Phi) is 5.13. The van der Waals surface area contributed by atoms with Gasteiger partial charge in [0.1, 0.15) is 12.4 Å². The number of hydrogen-bond donors (Lipinski definition) is 2. The van der Waals surface area contributed by atoms with E-state index in [-0.39, 0.29) is 5.69 Å². The number of carbonyl (C=O) groups excluding carboxylic acids is 2. The topological polar surface area (TPSA) is 70.7 Å². The van der Waals surface area contributed by atoms with Crippen molar-refractivity contribution >= 4 is 23.5 Å². The van der Waals surface area contributed by atoms with Gasteiger partial charge in [-0.05, 0) is 30.2 Å². The summed E-state index contributed by atoms with van der Waals surface area (Å²) in [6.07, 6.45) is 0.195. The first-order valence-electron chi connectivity index (χ1n) is 7.96. The molecule has 3 amide bonds. The fourth-order valence-electron chi connectivity index (χ4n) is 2.54. The molecule has 1 aliphatic heterocycles. The standard InChI is InChI=1S/C18H18FN3O3/c19-15-7-6-14(22-10-11-25-18(22)24)12-16(15)21-17(23)20-9-8-13-4-2-1-3-5-13/h1-7,12H,8-11H2,(H2,20,21,23). The van der Waals surface area contributed by atoms with Crippen molar-refractivity contribution < 1.29 is 18.7 Å². The molecule has 0 saturated carbocycles. The minimum absolute atomic E-state index is 0.00871. The van der Waals surface area contributed by atoms with Crippen molar-refractivity contribution in [1.29, 1.82) is 0 Å². The minimum atomic E-state index is -0.575. The number of halogens is 1. The number of benzene rings is 2. The van der Waals surface area contributed by atoms with Crippen molar-refractivity contribution in [1.82, 2.24) is 5.32 Å². The third kappa shape index (κ3) is 4.26. The summed E-state index contributed by atoms with van der Waals surface area (Å²) in [4.78, 5) is 24.9. The molecular weight excluding hydrogens is 325 g/mol. The zero-order valence-corrected chi connectivity index (χ0v) is 13.5. The number of nitrogens with one attached hydrogen (secondary N) is 2. The van der Waals surface area contributed by atoms with E-state index in [2.05, 4.69) is 10.6 Å². The van der Waals surface area contributed by atoms with Gasteiger partial charge in [0, 0.05) is 12.2 Å². The zero-order chi connectivity index (χ0) is 17.6. The van der Waals surface area contributed by atoms with Crippen molar-refractivity contribution in [2.24, 2.45) is 0 Å². The predicted molar refractivity (Wildman–Crippen MR) is 92.3 cm³/mol. The minimum Gasteiger partial charge on any atom is -0.447 e. The number of hydrogen-bond acceptors (Lipinski definition) is 3. The maximum absolute atomic E-state index is 13.9. The van der Waals surface area contributed by atoms with Crippen LogP contribution in [0.15, 0.2) is 48.5 Å². The first kappa shape index (κ1) is 16.8. The smallest absolute Gasteiger partial charge is 0.414 e. The lowest BCUT2D eigenvalue weighted by Gasteiger charge is -2.15. The third-order valence-electron chi connectivity index (χ3n) is 3.81. The van der Waals surface area contributed by atoms with Crippen LogP contribution < -0.4 is 15.5 Å². The molecule has 0 aliphatic carbocycles. The normalized spacial score (nSPS) is 13.5. The Labute approximate surface area is 144 Å². The maximum atomic E-state index is 13.9. The molecular formula is C18H18FN3O3. The van der Waals surface area contributed by atoms with Gasteiger partial charge in [-0.15, -0.1) is 0 Å². The van der Waals surface area contributed by atoms with Crippen LogP contribution in [-0.4, -0.2) is 31.8 Å². The van der Waals surface area contributed by atoms with Gasteiger partial charge in [0.25, 0.3) is 0 Å². The predicted octanol–water partition coefficient (Wildman–Crippen LogP) is 3.15. The van der Waals surface area contributed by atoms with Crippen LogP contribution in [0.4, 0.5) is 25.4 Å². The fraction of sp³-hybridized carbons (Fsp3) is 0.222. The van der Waals surface area contributed by atoms with Gasteiger partial charge in [0.2, 0.25) is 0 Å². The summed E-state index contributed by atoms with van der Waals surface area (Å²) >= 11 is 0. The molecule has 1 heterocycles. The van der Waals surface area contributed by atoms with Crippen LogP contribution in [0.2, 0.25) is 0 Å². The fourth-order valence-corrected chi connectivity index (χ4v) is 2.54. The number of cyclic esters (lactones) is 1. The van der Waals surface area contributed by atoms with E-state index in [4.69, 9.17) is 4.74 Å². The first-order valence-corrected chi connectivity index (χ1v) is 7.96. The van der Waals surface area contributed by atoms with E-state index in [1.54, 1.807) is 0 Å². The van der Waals surface area contributed by atoms with Gasteiger partial charge in [-0.3, -0.25) is 4.90 Å². The van der Waals surface area contributed by atoms with Crippen molar-refractivity contribution in [3.8, 4) is 0 Å². The quantitative estimate of drug-likeness (QED) is 0.876. The van der Waals surface area contributed by atoms with E-state index in [1.807, 2.05) is 30.3 Å². The van der Waals surface area contributed by atoms with Crippen LogP contribution in [0.5, 0.6) is 0 Å². The van der Waals surface area contributed by atoms with E-state index in [0.29, 0.717) is 31.8 Å². The second-order valence-corrected chi connectivity index (χ2v) is 5.55. The highest BCUT2D eigenvalue weighted by molar-refractivity contribution is 5.93. The molecule has 7 heteroatoms. The van der Waals surface area contributed by atoms with Crippen LogP contribution in [0, 0.1) is 5.82 Å². The summed E-state index contributed by atoms with van der Waals surface area (Å²) in [5, 5.41) is 5.15. The summed E-state index contributed by atoms with van der Waals surface area (Å²) in [6, 6.07) is 13.3. The Morgan fingerprint density at radius 2 is 2.00 bits per heavy atom. The Balaban J connectivity index is 1.58. The molecule has 0 radical (unpaired) electrons. The van der Waals surface area contributed by atoms with Crippen molar-refractivity contribution in [3.05, 3.63) is 59.9 Å². The molecule has 1 saturated heterocycles. The van der Waals surface area contributed by atoms with Crippen LogP contribution in [0.1, 0.15) is 5.56 Å². The van der Waals surface area contributed by atoms with Crippen LogP contribution >= 0.6 is 0 Å². The number of nitrogens with zero attached hydrogens (tertiary/aromatic N) is 1. The number of carbonyl (C=O) groups is 2. The summed E-state index contributed by atoms with van der Waals surface area (Å²) in [6.45, 7) is 1.11. The molecule has 2 aromatic carbocycles. The van der Waals surface area contributed by atoms with Gasteiger partial charge in [-0.2, -0.15) is 0 Å². The largest absolute Gasteiger partial charge is 0.447 e. The van der Waals surface area contributed by atoms with Crippen molar-refractivity contribution in [2.45, 2.75) is 6.42 Å². The van der Waals surface area contributed by atoms with Crippen LogP contribution in [-0.2, 0) is 11.2 Å². The van der Waals surface area contributed by atoms with Gasteiger partial charge >= 0.3 is 12.1 Å². The van der Waals surface area contributed by atoms with Gasteiger partial charge in [-0.1, -0.05) is 30.3 Å². The summed E-state index contributed by atoms with van der Waals surface area (Å²) < 4.78 is 18.8. The molecule has 0 atom stereocenters. The summed E-state index contributed by atoms with van der Waals surface area (Å²) in [7, 11) is 0. The molecule has 1 aliphatic rings. The second kappa shape index (κ2) is 7.65. The molecule has 0 aromatic heterocycles. The van der Waals surface area contributed by atoms with E-state index in [1.165, 1.54) is 23.1 Å². The number of rotatable bonds is 5. The van der Waals surface area contributed by atoms with Crippen LogP contribution in [0.3, 0.4) is 0 Å². The number of ether oxygens (including phenoxy) is 1. The first-order chi connectivity index (χ1) is 12.1. The number of anilines is 2. The molecule has 25 heavy (non-hydrogen) atoms. The molecule has 6 nitrogen and oxygen atoms in total. The highest BCUT2D eigenvalue weighted by atomic mass is 19.1. The number of urea groups is 1. The Bertz CT molecular complexity index is 767. The lowest BCUT2D eigenvalue weighted by molar-refractivity contribution is 0.181. The zero-order valence-electron chi connectivity index (χ0n) is 13.5. The second-order valence-electron chi connectivity index (χ2n) is 5.55. The van der Waals surface area contributed by atoms with E-state index in [9.17, 15) is 14.0 Å². The lowest BCUT2D eigenvalue weighted by atomic mass is 10.1. The number of amides is 3. The lowest BCUT2D eigenvalue weighted by Crippen LogP contribution is -2.31. The maximum Gasteiger partial charge on any atom is 0.414 e. The Morgan fingerprint density at radius 1 is 1.20 bits per heavy atom. The SMILES string of the molecule is O=C(NCCc1ccccc1)Nc1cc(N2CCOC2=O)ccc1F. The molecule has 1 fully saturated rings. The van der Waals surface area contributed by atoms with Crippen molar-refractivity contribution in [2.75, 3.05) is 29.9 Å². The monoisotopic (exact) mass is 343 g/mol. The third-order valence-corrected chi connectivity index (χ3v) is 3.81. The summed E-state index contributed by atoms with van der Waals surface area (Å²) in [5.74, 6) is -0.575. The Morgan fingerprint density at radius 3 is 2.72 bits per heavy atom. The average molecular weight is 343 g/mol. The van der Waals surface area contributed by atoms with Gasteiger partial charge < -0.3 is 15.4 Å². The molecule has 2 aromatic rings. The molecule has 130 valence electrons. The molecule has 0 spiro atoms. The highest BCUT2D eigenvalue weighted by Gasteiger charge is 2.24. The van der Waals surface area contributed by atoms with Gasteiger partial charge in [-0.25, -0.2) is 14.0 Å². The van der Waals surface area contributed by atoms with Gasteiger partial charge in [0.05, 0.1) is 12.2 Å². The Hall–Kier alpha value is -3.09. The molecule has 3 rings (SSSR count). The molecule has 2 N–H and O–H groups in total. The van der Waals surface area contributed by atoms with Crippen LogP contribution in [0.25, 0.3) is 0 Å². The molecule has 0 unspecified atom stereocenters. The molecule has 0 bridgehead atoms. The van der Waals surface area contributed by atoms with E-state index in [0.717, 1.165) is 5.56 Å². The summed E-state index contributed by atoms with van der Waals surface area (Å²) in [5.41, 5.74) is 1.58. The average Bonchev–Trinajstić information content (AvgIpc) is 3.04. The van der Waals surface area contributed by atoms with Gasteiger partial charge in [0.15, 0.2) is 0 Å². The van der Waals surface area contributed by atoms with Crippen molar-refractivity contribution in [3.63, 3.8) is 0 Å². The highest BCUT2D eigenvalue weighted by Crippen LogP contribution is 2.25. The van der Waals surface area contributed by atoms with E-state index >= 15 is 0 Å². The van der Waals surface area contributed by atoms with E-state index < -0.39 is 17.9 Å².